The monoisotopic (exact) mass is 113 g/mol. The minimum absolute atomic E-state index is 0. The lowest BCUT2D eigenvalue weighted by Crippen LogP contribution is -2.16. The summed E-state index contributed by atoms with van der Waals surface area (Å²) in [6.45, 7) is 0.972. The van der Waals surface area contributed by atoms with E-state index in [9.17, 15) is 0 Å². The minimum atomic E-state index is -1.08. The molecule has 2 N–H and O–H groups in total. The van der Waals surface area contributed by atoms with E-state index in [4.69, 9.17) is 9.90 Å². The molecule has 0 aromatic heterocycles. The third kappa shape index (κ3) is 351. The Morgan fingerprint density at radius 1 is 1.67 bits per heavy atom. The molecule has 3 nitrogen and oxygen atoms in total. The van der Waals surface area contributed by atoms with Crippen LogP contribution < -0.4 is 5.11 Å². The summed E-state index contributed by atoms with van der Waals surface area (Å²) in [5, 5.41) is 8.89. The van der Waals surface area contributed by atoms with E-state index in [0.29, 0.717) is 0 Å². The summed E-state index contributed by atoms with van der Waals surface area (Å²) >= 11 is 0. The van der Waals surface area contributed by atoms with Crippen LogP contribution in [-0.2, 0) is 4.79 Å². The van der Waals surface area contributed by atoms with E-state index in [1.165, 1.54) is 0 Å². The van der Waals surface area contributed by atoms with Crippen LogP contribution in [0.2, 0.25) is 0 Å². The highest BCUT2D eigenvalue weighted by Crippen LogP contribution is 1.31. The number of rotatable bonds is 0. The first-order valence-electron chi connectivity index (χ1n) is 0.908. The van der Waals surface area contributed by atoms with E-state index in [0.717, 1.165) is 6.92 Å². The molecule has 4 heteroatoms. The Balaban J connectivity index is -0.0000000450. The van der Waals surface area contributed by atoms with Gasteiger partial charge in [0.2, 0.25) is 0 Å². The molecular formula is C2H6ClO3-. The van der Waals surface area contributed by atoms with Gasteiger partial charge in [-0.25, -0.2) is 0 Å². The zero-order valence-electron chi connectivity index (χ0n) is 3.22. The van der Waals surface area contributed by atoms with Gasteiger partial charge in [0.05, 0.1) is 0 Å². The standard InChI is InChI=1S/C2H4O2.ClH.H2O/c1-2(3)4;;/h1H3,(H,3,4);1H;1H2/p-1. The molecule has 0 aliphatic carbocycles. The second kappa shape index (κ2) is 8.83. The Labute approximate surface area is 41.7 Å². The van der Waals surface area contributed by atoms with Crippen LogP contribution in [0.25, 0.3) is 0 Å². The lowest BCUT2D eigenvalue weighted by Gasteiger charge is -1.77. The lowest BCUT2D eigenvalue weighted by atomic mass is 10.9. The lowest BCUT2D eigenvalue weighted by molar-refractivity contribution is -0.302. The molecule has 0 saturated heterocycles. The Morgan fingerprint density at radius 3 is 1.67 bits per heavy atom. The average Bonchev–Trinajstić information content (AvgIpc) is 0.811. The fraction of sp³-hybridized carbons (Fsp3) is 0.500. The van der Waals surface area contributed by atoms with Crippen molar-refractivity contribution in [3.05, 3.63) is 0 Å². The fourth-order valence-corrected chi connectivity index (χ4v) is 0. The van der Waals surface area contributed by atoms with Crippen molar-refractivity contribution in [3.8, 4) is 0 Å². The maximum atomic E-state index is 8.89. The Hall–Kier alpha value is -0.280. The molecule has 0 fully saturated rings. The molecule has 0 unspecified atom stereocenters. The van der Waals surface area contributed by atoms with Gasteiger partial charge in [-0.3, -0.25) is 0 Å². The van der Waals surface area contributed by atoms with Crippen LogP contribution in [0, 0.1) is 0 Å². The van der Waals surface area contributed by atoms with Crippen molar-refractivity contribution in [1.29, 1.82) is 0 Å². The number of halogens is 1. The molecule has 0 aromatic rings. The molecule has 0 amide bonds. The van der Waals surface area contributed by atoms with Crippen molar-refractivity contribution in [2.45, 2.75) is 6.92 Å². The molecule has 0 aliphatic rings. The van der Waals surface area contributed by atoms with Crippen LogP contribution in [0.15, 0.2) is 0 Å². The van der Waals surface area contributed by atoms with Gasteiger partial charge in [-0.15, -0.1) is 12.4 Å². The minimum Gasteiger partial charge on any atom is -0.550 e. The highest BCUT2D eigenvalue weighted by molar-refractivity contribution is 5.85. The summed E-state index contributed by atoms with van der Waals surface area (Å²) in [6.07, 6.45) is 0. The summed E-state index contributed by atoms with van der Waals surface area (Å²) in [5.74, 6) is -1.08. The smallest absolute Gasteiger partial charge is 0.0383 e. The third-order valence-electron chi connectivity index (χ3n) is 0. The van der Waals surface area contributed by atoms with E-state index < -0.39 is 5.97 Å². The molecule has 0 aromatic carbocycles. The van der Waals surface area contributed by atoms with Crippen molar-refractivity contribution < 1.29 is 15.4 Å². The highest BCUT2D eigenvalue weighted by atomic mass is 35.5. The Bertz CT molecular complexity index is 31.8. The fourth-order valence-electron chi connectivity index (χ4n) is 0. The summed E-state index contributed by atoms with van der Waals surface area (Å²) in [6, 6.07) is 0. The normalized spacial score (nSPS) is 4.17. The summed E-state index contributed by atoms with van der Waals surface area (Å²) in [4.78, 5) is 8.89. The van der Waals surface area contributed by atoms with Crippen LogP contribution in [0.3, 0.4) is 0 Å². The summed E-state index contributed by atoms with van der Waals surface area (Å²) in [5.41, 5.74) is 0. The van der Waals surface area contributed by atoms with Crippen molar-refractivity contribution in [2.24, 2.45) is 0 Å². The van der Waals surface area contributed by atoms with Crippen molar-refractivity contribution in [2.75, 3.05) is 0 Å². The van der Waals surface area contributed by atoms with Gasteiger partial charge < -0.3 is 15.4 Å². The number of hydrogen-bond acceptors (Lipinski definition) is 2. The number of hydrogen-bond donors (Lipinski definition) is 0. The van der Waals surface area contributed by atoms with Gasteiger partial charge >= 0.3 is 0 Å². The largest absolute Gasteiger partial charge is 0.550 e. The number of aliphatic carboxylic acids is 1. The molecule has 6 heavy (non-hydrogen) atoms. The van der Waals surface area contributed by atoms with E-state index in [1.54, 1.807) is 0 Å². The van der Waals surface area contributed by atoms with Gasteiger partial charge in [0, 0.05) is 5.97 Å². The SMILES string of the molecule is CC(=O)[O-].Cl.O. The van der Waals surface area contributed by atoms with Crippen molar-refractivity contribution in [1.82, 2.24) is 0 Å². The number of carboxylic acid groups (broad SMARTS) is 1. The second-order valence-electron chi connectivity index (χ2n) is 0.492. The number of carbonyl (C=O) groups is 1. The molecular weight excluding hydrogens is 107 g/mol. The van der Waals surface area contributed by atoms with E-state index >= 15 is 0 Å². The first kappa shape index (κ1) is 17.2. The van der Waals surface area contributed by atoms with Crippen LogP contribution in [0.4, 0.5) is 0 Å². The molecule has 0 bridgehead atoms. The molecule has 40 valence electrons. The van der Waals surface area contributed by atoms with Crippen LogP contribution in [-0.4, -0.2) is 11.4 Å². The molecule has 0 saturated carbocycles. The highest BCUT2D eigenvalue weighted by Gasteiger charge is 1.46. The molecule has 0 radical (unpaired) electrons. The Morgan fingerprint density at radius 2 is 1.67 bits per heavy atom. The first-order valence-corrected chi connectivity index (χ1v) is 0.908. The van der Waals surface area contributed by atoms with Gasteiger partial charge in [-0.1, -0.05) is 0 Å². The topological polar surface area (TPSA) is 71.6 Å². The van der Waals surface area contributed by atoms with Crippen LogP contribution >= 0.6 is 12.4 Å². The quantitative estimate of drug-likeness (QED) is 0.378. The van der Waals surface area contributed by atoms with Gasteiger partial charge in [-0.2, -0.15) is 0 Å². The number of carboxylic acids is 1. The summed E-state index contributed by atoms with van der Waals surface area (Å²) < 4.78 is 0. The Kier molecular flexibility index (Phi) is 25.3. The zero-order valence-corrected chi connectivity index (χ0v) is 4.04. The first-order chi connectivity index (χ1) is 1.73. The number of carbonyl (C=O) groups excluding carboxylic acids is 1. The second-order valence-corrected chi connectivity index (χ2v) is 0.492. The predicted molar refractivity (Wildman–Crippen MR) is 21.5 cm³/mol. The van der Waals surface area contributed by atoms with E-state index in [-0.39, 0.29) is 17.9 Å². The van der Waals surface area contributed by atoms with Gasteiger partial charge in [-0.05, 0) is 6.92 Å². The third-order valence-corrected chi connectivity index (χ3v) is 0. The molecule has 0 aliphatic heterocycles. The van der Waals surface area contributed by atoms with Crippen molar-refractivity contribution in [3.63, 3.8) is 0 Å². The van der Waals surface area contributed by atoms with Crippen molar-refractivity contribution >= 4 is 18.4 Å². The van der Waals surface area contributed by atoms with Gasteiger partial charge in [0.1, 0.15) is 0 Å². The van der Waals surface area contributed by atoms with Gasteiger partial charge in [0.25, 0.3) is 0 Å². The van der Waals surface area contributed by atoms with E-state index in [2.05, 4.69) is 0 Å². The van der Waals surface area contributed by atoms with E-state index in [1.807, 2.05) is 0 Å². The maximum absolute atomic E-state index is 8.89. The average molecular weight is 114 g/mol. The van der Waals surface area contributed by atoms with Crippen LogP contribution in [0.1, 0.15) is 6.92 Å². The molecule has 0 spiro atoms. The summed E-state index contributed by atoms with van der Waals surface area (Å²) in [7, 11) is 0. The zero-order chi connectivity index (χ0) is 3.58. The van der Waals surface area contributed by atoms with Gasteiger partial charge in [0.15, 0.2) is 0 Å². The molecule has 0 atom stereocenters. The predicted octanol–water partition coefficient (Wildman–Crippen LogP) is -1.65. The van der Waals surface area contributed by atoms with Crippen LogP contribution in [0.5, 0.6) is 0 Å². The molecule has 0 heterocycles. The maximum Gasteiger partial charge on any atom is 0.0383 e. The molecule has 0 rings (SSSR count).